The molecule has 2 N–H and O–H groups in total. The highest BCUT2D eigenvalue weighted by Crippen LogP contribution is 2.17. The minimum atomic E-state index is -0.617. The van der Waals surface area contributed by atoms with Crippen LogP contribution in [-0.2, 0) is 16.0 Å². The van der Waals surface area contributed by atoms with E-state index in [2.05, 4.69) is 10.3 Å². The van der Waals surface area contributed by atoms with Gasteiger partial charge in [0.25, 0.3) is 5.91 Å². The molecule has 0 radical (unpaired) electrons. The fourth-order valence-electron chi connectivity index (χ4n) is 3.80. The molecular weight excluding hydrogens is 408 g/mol. The van der Waals surface area contributed by atoms with Crippen molar-refractivity contribution in [3.8, 4) is 5.75 Å². The predicted molar refractivity (Wildman–Crippen MR) is 120 cm³/mol. The number of ether oxygens (including phenoxy) is 1. The summed E-state index contributed by atoms with van der Waals surface area (Å²) in [5, 5.41) is 3.67. The molecule has 1 fully saturated rings. The quantitative estimate of drug-likeness (QED) is 0.599. The van der Waals surface area contributed by atoms with E-state index >= 15 is 0 Å². The number of benzene rings is 2. The van der Waals surface area contributed by atoms with Gasteiger partial charge in [0, 0.05) is 43.6 Å². The van der Waals surface area contributed by atoms with Crippen molar-refractivity contribution in [3.05, 3.63) is 65.9 Å². The Hall–Kier alpha value is -3.81. The minimum absolute atomic E-state index is 0.0998. The molecule has 1 aromatic heterocycles. The van der Waals surface area contributed by atoms with Crippen LogP contribution in [0.25, 0.3) is 10.9 Å². The first-order valence-electron chi connectivity index (χ1n) is 10.6. The number of amides is 3. The summed E-state index contributed by atoms with van der Waals surface area (Å²) < 4.78 is 5.13. The van der Waals surface area contributed by atoms with Crippen LogP contribution in [0.2, 0.25) is 0 Å². The zero-order chi connectivity index (χ0) is 22.5. The van der Waals surface area contributed by atoms with Crippen molar-refractivity contribution >= 4 is 28.6 Å². The molecule has 1 saturated heterocycles. The van der Waals surface area contributed by atoms with Crippen LogP contribution in [0.4, 0.5) is 0 Å². The lowest BCUT2D eigenvalue weighted by atomic mass is 10.1. The number of carbonyl (C=O) groups excluding carboxylic acids is 3. The van der Waals surface area contributed by atoms with E-state index in [-0.39, 0.29) is 5.91 Å². The Morgan fingerprint density at radius 3 is 2.34 bits per heavy atom. The average molecular weight is 434 g/mol. The van der Waals surface area contributed by atoms with E-state index < -0.39 is 11.8 Å². The molecule has 3 aromatic rings. The third kappa shape index (κ3) is 4.74. The first-order valence-corrected chi connectivity index (χ1v) is 10.6. The predicted octanol–water partition coefficient (Wildman–Crippen LogP) is 1.82. The monoisotopic (exact) mass is 434 g/mol. The normalized spacial score (nSPS) is 13.8. The molecule has 0 aliphatic carbocycles. The molecule has 32 heavy (non-hydrogen) atoms. The van der Waals surface area contributed by atoms with Crippen molar-refractivity contribution in [2.75, 3.05) is 39.8 Å². The lowest BCUT2D eigenvalue weighted by Gasteiger charge is -2.34. The van der Waals surface area contributed by atoms with Crippen LogP contribution in [0.5, 0.6) is 5.75 Å². The number of H-pyrrole nitrogens is 1. The molecule has 1 aliphatic rings. The summed E-state index contributed by atoms with van der Waals surface area (Å²) in [6.07, 6.45) is 0.621. The smallest absolute Gasteiger partial charge is 0.312 e. The number of rotatable bonds is 5. The van der Waals surface area contributed by atoms with Gasteiger partial charge in [-0.3, -0.25) is 14.4 Å². The molecule has 2 heterocycles. The van der Waals surface area contributed by atoms with Gasteiger partial charge >= 0.3 is 11.8 Å². The van der Waals surface area contributed by atoms with Crippen molar-refractivity contribution in [3.63, 3.8) is 0 Å². The molecular formula is C24H26N4O4. The number of aromatic nitrogens is 1. The topological polar surface area (TPSA) is 94.7 Å². The maximum absolute atomic E-state index is 12.8. The number of methoxy groups -OCH3 is 1. The second-order valence-electron chi connectivity index (χ2n) is 7.71. The largest absolute Gasteiger partial charge is 0.497 e. The summed E-state index contributed by atoms with van der Waals surface area (Å²) in [5.41, 5.74) is 2.49. The van der Waals surface area contributed by atoms with E-state index in [1.54, 1.807) is 12.0 Å². The van der Waals surface area contributed by atoms with Crippen LogP contribution in [0.15, 0.2) is 54.6 Å². The number of fused-ring (bicyclic) bond motifs is 1. The fraction of sp³-hybridized carbons (Fsp3) is 0.292. The molecule has 2 aromatic carbocycles. The van der Waals surface area contributed by atoms with E-state index in [0.29, 0.717) is 44.8 Å². The highest BCUT2D eigenvalue weighted by molar-refractivity contribution is 6.35. The van der Waals surface area contributed by atoms with Crippen LogP contribution in [0.1, 0.15) is 16.1 Å². The van der Waals surface area contributed by atoms with Crippen molar-refractivity contribution in [1.29, 1.82) is 0 Å². The highest BCUT2D eigenvalue weighted by atomic mass is 16.5. The number of aromatic amines is 1. The van der Waals surface area contributed by atoms with Gasteiger partial charge in [-0.15, -0.1) is 0 Å². The van der Waals surface area contributed by atoms with Crippen LogP contribution in [0.3, 0.4) is 0 Å². The van der Waals surface area contributed by atoms with Crippen LogP contribution in [0, 0.1) is 0 Å². The van der Waals surface area contributed by atoms with E-state index in [1.165, 1.54) is 4.90 Å². The highest BCUT2D eigenvalue weighted by Gasteiger charge is 2.28. The fourth-order valence-corrected chi connectivity index (χ4v) is 3.80. The molecule has 0 spiro atoms. The number of piperazine rings is 1. The van der Waals surface area contributed by atoms with Crippen molar-refractivity contribution in [2.24, 2.45) is 0 Å². The van der Waals surface area contributed by atoms with E-state index in [4.69, 9.17) is 4.74 Å². The lowest BCUT2D eigenvalue weighted by molar-refractivity contribution is -0.146. The Labute approximate surface area is 186 Å². The van der Waals surface area contributed by atoms with Gasteiger partial charge < -0.3 is 24.8 Å². The number of nitrogens with zero attached hydrogens (tertiary/aromatic N) is 2. The minimum Gasteiger partial charge on any atom is -0.497 e. The second-order valence-corrected chi connectivity index (χ2v) is 7.71. The summed E-state index contributed by atoms with van der Waals surface area (Å²) in [6, 6.07) is 17.1. The van der Waals surface area contributed by atoms with Crippen molar-refractivity contribution in [2.45, 2.75) is 6.42 Å². The molecule has 8 nitrogen and oxygen atoms in total. The maximum Gasteiger partial charge on any atom is 0.312 e. The number of nitrogens with one attached hydrogen (secondary N) is 2. The van der Waals surface area contributed by atoms with E-state index in [9.17, 15) is 14.4 Å². The van der Waals surface area contributed by atoms with Gasteiger partial charge in [0.2, 0.25) is 0 Å². The van der Waals surface area contributed by atoms with Gasteiger partial charge in [-0.2, -0.15) is 0 Å². The van der Waals surface area contributed by atoms with Crippen molar-refractivity contribution in [1.82, 2.24) is 20.1 Å². The Bertz CT molecular complexity index is 1080. The molecule has 0 bridgehead atoms. The third-order valence-corrected chi connectivity index (χ3v) is 5.67. The average Bonchev–Trinajstić information content (AvgIpc) is 3.28. The number of hydrogen-bond acceptors (Lipinski definition) is 4. The van der Waals surface area contributed by atoms with E-state index in [0.717, 1.165) is 22.2 Å². The number of carbonyl (C=O) groups is 3. The molecule has 0 atom stereocenters. The Morgan fingerprint density at radius 2 is 1.66 bits per heavy atom. The molecule has 4 rings (SSSR count). The summed E-state index contributed by atoms with van der Waals surface area (Å²) in [6.45, 7) is 1.81. The van der Waals surface area contributed by atoms with Crippen LogP contribution < -0.4 is 10.1 Å². The van der Waals surface area contributed by atoms with Gasteiger partial charge in [0.1, 0.15) is 11.4 Å². The zero-order valence-electron chi connectivity index (χ0n) is 18.0. The zero-order valence-corrected chi connectivity index (χ0v) is 18.0. The Balaban J connectivity index is 1.24. The SMILES string of the molecule is COc1ccc(CCNC(=O)C(=O)N2CCN(C(=O)c3cc4ccccc4[nH]3)CC2)cc1. The number of hydrogen-bond donors (Lipinski definition) is 2. The van der Waals surface area contributed by atoms with Crippen LogP contribution >= 0.6 is 0 Å². The molecule has 0 saturated carbocycles. The maximum atomic E-state index is 12.8. The molecule has 166 valence electrons. The Kier molecular flexibility index (Phi) is 6.39. The lowest BCUT2D eigenvalue weighted by Crippen LogP contribution is -2.54. The second kappa shape index (κ2) is 9.55. The third-order valence-electron chi connectivity index (χ3n) is 5.67. The number of para-hydroxylation sites is 1. The van der Waals surface area contributed by atoms with Crippen LogP contribution in [-0.4, -0.2) is 72.3 Å². The summed E-state index contributed by atoms with van der Waals surface area (Å²) >= 11 is 0. The van der Waals surface area contributed by atoms with Gasteiger partial charge in [-0.1, -0.05) is 30.3 Å². The summed E-state index contributed by atoms with van der Waals surface area (Å²) in [4.78, 5) is 43.9. The molecule has 1 aliphatic heterocycles. The van der Waals surface area contributed by atoms with Gasteiger partial charge in [-0.25, -0.2) is 0 Å². The Morgan fingerprint density at radius 1 is 0.969 bits per heavy atom. The van der Waals surface area contributed by atoms with Gasteiger partial charge in [0.15, 0.2) is 0 Å². The standard InChI is InChI=1S/C24H26N4O4/c1-32-19-8-6-17(7-9-19)10-11-25-22(29)24(31)28-14-12-27(13-15-28)23(30)21-16-18-4-2-3-5-20(18)26-21/h2-9,16,26H,10-15H2,1H3,(H,25,29). The molecule has 3 amide bonds. The summed E-state index contributed by atoms with van der Waals surface area (Å²) in [5.74, 6) is -0.501. The van der Waals surface area contributed by atoms with Crippen molar-refractivity contribution < 1.29 is 19.1 Å². The first-order chi connectivity index (χ1) is 15.5. The van der Waals surface area contributed by atoms with E-state index in [1.807, 2.05) is 54.6 Å². The molecule has 8 heteroatoms. The molecule has 0 unspecified atom stereocenters. The summed E-state index contributed by atoms with van der Waals surface area (Å²) in [7, 11) is 1.61. The van der Waals surface area contributed by atoms with Gasteiger partial charge in [-0.05, 0) is 36.2 Å². The van der Waals surface area contributed by atoms with Gasteiger partial charge in [0.05, 0.1) is 7.11 Å². The first kappa shape index (κ1) is 21.4.